The Balaban J connectivity index is 1.98. The number of halogens is 1. The van der Waals surface area contributed by atoms with Crippen molar-refractivity contribution < 1.29 is 23.9 Å². The third-order valence-electron chi connectivity index (χ3n) is 3.95. The monoisotopic (exact) mass is 322 g/mol. The number of carbonyl (C=O) groups excluding carboxylic acids is 2. The molecule has 0 spiro atoms. The largest absolute Gasteiger partial charge is 0.481 e. The van der Waals surface area contributed by atoms with E-state index in [2.05, 4.69) is 10.6 Å². The quantitative estimate of drug-likeness (QED) is 0.791. The molecule has 1 aliphatic carbocycles. The zero-order valence-corrected chi connectivity index (χ0v) is 12.8. The van der Waals surface area contributed by atoms with Crippen molar-refractivity contribution in [1.29, 1.82) is 0 Å². The van der Waals surface area contributed by atoms with Gasteiger partial charge in [-0.1, -0.05) is 0 Å². The molecule has 0 bridgehead atoms. The second-order valence-corrected chi connectivity index (χ2v) is 5.74. The van der Waals surface area contributed by atoms with Gasteiger partial charge in [-0.25, -0.2) is 4.39 Å². The van der Waals surface area contributed by atoms with Crippen molar-refractivity contribution in [3.05, 3.63) is 29.6 Å². The highest BCUT2D eigenvalue weighted by Crippen LogP contribution is 2.25. The van der Waals surface area contributed by atoms with Crippen molar-refractivity contribution in [3.8, 4) is 0 Å². The van der Waals surface area contributed by atoms with Gasteiger partial charge >= 0.3 is 5.97 Å². The molecule has 124 valence electrons. The maximum absolute atomic E-state index is 13.6. The first-order chi connectivity index (χ1) is 10.9. The smallest absolute Gasteiger partial charge is 0.306 e. The number of carboxylic acid groups (broad SMARTS) is 1. The molecule has 1 saturated carbocycles. The van der Waals surface area contributed by atoms with E-state index in [1.165, 1.54) is 19.1 Å². The molecule has 1 aromatic rings. The van der Waals surface area contributed by atoms with Crippen LogP contribution in [0.1, 0.15) is 43.0 Å². The molecule has 6 nitrogen and oxygen atoms in total. The van der Waals surface area contributed by atoms with E-state index in [1.54, 1.807) is 0 Å². The summed E-state index contributed by atoms with van der Waals surface area (Å²) in [5.74, 6) is -2.55. The van der Waals surface area contributed by atoms with Gasteiger partial charge in [0.1, 0.15) is 5.82 Å². The minimum absolute atomic E-state index is 0.0419. The van der Waals surface area contributed by atoms with E-state index in [-0.39, 0.29) is 29.1 Å². The minimum atomic E-state index is -0.798. The Labute approximate surface area is 133 Å². The highest BCUT2D eigenvalue weighted by Gasteiger charge is 2.27. The average Bonchev–Trinajstić information content (AvgIpc) is 2.49. The molecule has 23 heavy (non-hydrogen) atoms. The molecule has 3 N–H and O–H groups in total. The topological polar surface area (TPSA) is 95.5 Å². The predicted molar refractivity (Wildman–Crippen MR) is 81.6 cm³/mol. The standard InChI is InChI=1S/C16H19FN2O4/c1-9(20)18-14-8-11(4-7-13(14)17)15(21)19-12-5-2-10(3-6-12)16(22)23/h4,7-8,10,12H,2-3,5-6H2,1H3,(H,18,20)(H,19,21)(H,22,23). The average molecular weight is 322 g/mol. The molecular formula is C16H19FN2O4. The number of carbonyl (C=O) groups is 3. The van der Waals surface area contributed by atoms with Crippen molar-refractivity contribution in [3.63, 3.8) is 0 Å². The summed E-state index contributed by atoms with van der Waals surface area (Å²) >= 11 is 0. The predicted octanol–water partition coefficient (Wildman–Crippen LogP) is 2.16. The lowest BCUT2D eigenvalue weighted by atomic mass is 9.86. The number of hydrogen-bond donors (Lipinski definition) is 3. The molecule has 7 heteroatoms. The number of carboxylic acids is 1. The first kappa shape index (κ1) is 16.9. The number of amides is 2. The summed E-state index contributed by atoms with van der Waals surface area (Å²) in [5, 5.41) is 14.1. The third kappa shape index (κ3) is 4.51. The number of benzene rings is 1. The van der Waals surface area contributed by atoms with Crippen molar-refractivity contribution in [2.45, 2.75) is 38.6 Å². The fourth-order valence-corrected chi connectivity index (χ4v) is 2.71. The lowest BCUT2D eigenvalue weighted by Crippen LogP contribution is -2.38. The van der Waals surface area contributed by atoms with Crippen molar-refractivity contribution in [2.75, 3.05) is 5.32 Å². The maximum atomic E-state index is 13.6. The van der Waals surface area contributed by atoms with Crippen LogP contribution in [0.3, 0.4) is 0 Å². The van der Waals surface area contributed by atoms with Gasteiger partial charge in [0, 0.05) is 18.5 Å². The van der Waals surface area contributed by atoms with Crippen LogP contribution in [-0.2, 0) is 9.59 Å². The van der Waals surface area contributed by atoms with Crippen LogP contribution in [0.25, 0.3) is 0 Å². The van der Waals surface area contributed by atoms with Crippen LogP contribution < -0.4 is 10.6 Å². The Kier molecular flexibility index (Phi) is 5.31. The summed E-state index contributed by atoms with van der Waals surface area (Å²) in [5.41, 5.74) is 0.204. The first-order valence-corrected chi connectivity index (χ1v) is 7.47. The van der Waals surface area contributed by atoms with Crippen LogP contribution in [0.15, 0.2) is 18.2 Å². The molecule has 0 saturated heterocycles. The van der Waals surface area contributed by atoms with Crippen LogP contribution in [-0.4, -0.2) is 28.9 Å². The van der Waals surface area contributed by atoms with Gasteiger partial charge in [0.15, 0.2) is 0 Å². The number of hydrogen-bond acceptors (Lipinski definition) is 3. The molecular weight excluding hydrogens is 303 g/mol. The van der Waals surface area contributed by atoms with Crippen LogP contribution in [0.4, 0.5) is 10.1 Å². The van der Waals surface area contributed by atoms with Gasteiger partial charge < -0.3 is 15.7 Å². The van der Waals surface area contributed by atoms with Crippen LogP contribution in [0.2, 0.25) is 0 Å². The molecule has 0 unspecified atom stereocenters. The molecule has 0 radical (unpaired) electrons. The molecule has 2 amide bonds. The zero-order chi connectivity index (χ0) is 17.0. The highest BCUT2D eigenvalue weighted by molar-refractivity contribution is 5.97. The Morgan fingerprint density at radius 1 is 1.17 bits per heavy atom. The first-order valence-electron chi connectivity index (χ1n) is 7.47. The molecule has 0 heterocycles. The summed E-state index contributed by atoms with van der Waals surface area (Å²) in [7, 11) is 0. The zero-order valence-electron chi connectivity index (χ0n) is 12.8. The van der Waals surface area contributed by atoms with Crippen molar-refractivity contribution in [1.82, 2.24) is 5.32 Å². The lowest BCUT2D eigenvalue weighted by molar-refractivity contribution is -0.142. The second kappa shape index (κ2) is 7.21. The second-order valence-electron chi connectivity index (χ2n) is 5.74. The summed E-state index contributed by atoms with van der Waals surface area (Å²) in [4.78, 5) is 34.1. The Morgan fingerprint density at radius 2 is 1.83 bits per heavy atom. The molecule has 1 aliphatic rings. The van der Waals surface area contributed by atoms with E-state index in [0.717, 1.165) is 6.07 Å². The van der Waals surface area contributed by atoms with Crippen molar-refractivity contribution in [2.24, 2.45) is 5.92 Å². The van der Waals surface area contributed by atoms with E-state index in [9.17, 15) is 18.8 Å². The molecule has 0 atom stereocenters. The third-order valence-corrected chi connectivity index (χ3v) is 3.95. The molecule has 0 aromatic heterocycles. The van der Waals surface area contributed by atoms with E-state index < -0.39 is 17.7 Å². The van der Waals surface area contributed by atoms with Crippen LogP contribution in [0.5, 0.6) is 0 Å². The van der Waals surface area contributed by atoms with Gasteiger partial charge in [-0.3, -0.25) is 14.4 Å². The molecule has 1 aromatic carbocycles. The van der Waals surface area contributed by atoms with E-state index in [0.29, 0.717) is 25.7 Å². The molecule has 1 fully saturated rings. The van der Waals surface area contributed by atoms with Crippen LogP contribution in [0, 0.1) is 11.7 Å². The van der Waals surface area contributed by atoms with Gasteiger partial charge in [0.05, 0.1) is 11.6 Å². The SMILES string of the molecule is CC(=O)Nc1cc(C(=O)NC2CCC(C(=O)O)CC2)ccc1F. The summed E-state index contributed by atoms with van der Waals surface area (Å²) < 4.78 is 13.6. The molecule has 2 rings (SSSR count). The minimum Gasteiger partial charge on any atom is -0.481 e. The maximum Gasteiger partial charge on any atom is 0.306 e. The Hall–Kier alpha value is -2.44. The van der Waals surface area contributed by atoms with E-state index in [4.69, 9.17) is 5.11 Å². The summed E-state index contributed by atoms with van der Waals surface area (Å²) in [6, 6.07) is 3.67. The van der Waals surface area contributed by atoms with Gasteiger partial charge in [0.25, 0.3) is 5.91 Å². The summed E-state index contributed by atoms with van der Waals surface area (Å²) in [6.07, 6.45) is 2.26. The van der Waals surface area contributed by atoms with E-state index >= 15 is 0 Å². The summed E-state index contributed by atoms with van der Waals surface area (Å²) in [6.45, 7) is 1.26. The highest BCUT2D eigenvalue weighted by atomic mass is 19.1. The van der Waals surface area contributed by atoms with Gasteiger partial charge in [0.2, 0.25) is 5.91 Å². The molecule has 0 aliphatic heterocycles. The number of nitrogens with one attached hydrogen (secondary N) is 2. The van der Waals surface area contributed by atoms with Gasteiger partial charge in [-0.15, -0.1) is 0 Å². The fourth-order valence-electron chi connectivity index (χ4n) is 2.71. The van der Waals surface area contributed by atoms with Crippen LogP contribution >= 0.6 is 0 Å². The van der Waals surface area contributed by atoms with Gasteiger partial charge in [-0.05, 0) is 43.9 Å². The normalized spacial score (nSPS) is 20.6. The van der Waals surface area contributed by atoms with Gasteiger partial charge in [-0.2, -0.15) is 0 Å². The van der Waals surface area contributed by atoms with E-state index in [1.807, 2.05) is 0 Å². The Bertz CT molecular complexity index is 625. The Morgan fingerprint density at radius 3 is 2.39 bits per heavy atom. The van der Waals surface area contributed by atoms with Crippen molar-refractivity contribution >= 4 is 23.5 Å². The number of anilines is 1. The number of aliphatic carboxylic acids is 1. The number of rotatable bonds is 4. The fraction of sp³-hybridized carbons (Fsp3) is 0.438. The lowest BCUT2D eigenvalue weighted by Gasteiger charge is -2.26.